The van der Waals surface area contributed by atoms with E-state index in [4.69, 9.17) is 0 Å². The van der Waals surface area contributed by atoms with E-state index in [0.717, 1.165) is 0 Å². The second-order valence-corrected chi connectivity index (χ2v) is 5.83. The number of fused-ring (bicyclic) bond motifs is 1. The van der Waals surface area contributed by atoms with Gasteiger partial charge in [-0.3, -0.25) is 10.1 Å². The largest absolute Gasteiger partial charge is 0.315 e. The first-order chi connectivity index (χ1) is 7.97. The number of nitrogens with zero attached hydrogens (tertiary/aromatic N) is 2. The number of thiazole rings is 1. The smallest absolute Gasteiger partial charge is 0.258 e. The topological polar surface area (TPSA) is 90.2 Å². The van der Waals surface area contributed by atoms with Gasteiger partial charge >= 0.3 is 5.69 Å². The normalized spacial score (nSPS) is 11.5. The van der Waals surface area contributed by atoms with Crippen LogP contribution < -0.4 is 0 Å². The fourth-order valence-corrected chi connectivity index (χ4v) is 2.95. The molecular formula is C9H6N2O4S2. The molecule has 0 unspecified atom stereocenters. The number of nitro groups is 1. The molecule has 0 saturated heterocycles. The fourth-order valence-electron chi connectivity index (χ4n) is 1.39. The van der Waals surface area contributed by atoms with Crippen LogP contribution in [0.25, 0.3) is 10.2 Å². The van der Waals surface area contributed by atoms with Crippen LogP contribution >= 0.6 is 11.3 Å². The van der Waals surface area contributed by atoms with Crippen LogP contribution in [-0.4, -0.2) is 18.3 Å². The maximum atomic E-state index is 11.6. The van der Waals surface area contributed by atoms with Crippen LogP contribution in [0.15, 0.2) is 34.5 Å². The average Bonchev–Trinajstić information content (AvgIpc) is 2.75. The Morgan fingerprint density at radius 2 is 2.18 bits per heavy atom. The van der Waals surface area contributed by atoms with Crippen LogP contribution in [0.2, 0.25) is 0 Å². The summed E-state index contributed by atoms with van der Waals surface area (Å²) in [4.78, 5) is 13.7. The van der Waals surface area contributed by atoms with E-state index in [1.807, 2.05) is 0 Å². The molecule has 8 heteroatoms. The van der Waals surface area contributed by atoms with Gasteiger partial charge in [0.2, 0.25) is 9.84 Å². The maximum absolute atomic E-state index is 11.6. The molecule has 0 atom stereocenters. The third-order valence-electron chi connectivity index (χ3n) is 2.15. The highest BCUT2D eigenvalue weighted by atomic mass is 32.2. The van der Waals surface area contributed by atoms with Gasteiger partial charge in [-0.25, -0.2) is 13.4 Å². The molecule has 0 aliphatic heterocycles. The third kappa shape index (κ3) is 1.81. The number of sulfone groups is 1. The minimum absolute atomic E-state index is 0.0860. The molecule has 0 spiro atoms. The maximum Gasteiger partial charge on any atom is 0.315 e. The van der Waals surface area contributed by atoms with Crippen molar-refractivity contribution in [2.24, 2.45) is 0 Å². The van der Waals surface area contributed by atoms with Crippen LogP contribution in [0.1, 0.15) is 0 Å². The lowest BCUT2D eigenvalue weighted by Gasteiger charge is -2.01. The number of rotatable bonds is 3. The van der Waals surface area contributed by atoms with E-state index in [-0.39, 0.29) is 10.4 Å². The van der Waals surface area contributed by atoms with Crippen molar-refractivity contribution in [3.63, 3.8) is 0 Å². The minimum Gasteiger partial charge on any atom is -0.258 e. The molecule has 0 aliphatic carbocycles. The highest BCUT2D eigenvalue weighted by Crippen LogP contribution is 2.34. The molecule has 0 fully saturated rings. The quantitative estimate of drug-likeness (QED) is 0.629. The van der Waals surface area contributed by atoms with Gasteiger partial charge in [-0.05, 0) is 12.1 Å². The van der Waals surface area contributed by atoms with E-state index < -0.39 is 20.4 Å². The number of aromatic nitrogens is 1. The zero-order valence-corrected chi connectivity index (χ0v) is 9.99. The van der Waals surface area contributed by atoms with Gasteiger partial charge in [-0.15, -0.1) is 11.3 Å². The van der Waals surface area contributed by atoms with Crippen molar-refractivity contribution in [3.05, 3.63) is 39.7 Å². The van der Waals surface area contributed by atoms with E-state index in [1.54, 1.807) is 0 Å². The Labute approximate surface area is 100 Å². The van der Waals surface area contributed by atoms with Gasteiger partial charge in [-0.1, -0.05) is 6.58 Å². The first-order valence-electron chi connectivity index (χ1n) is 4.35. The minimum atomic E-state index is -3.86. The van der Waals surface area contributed by atoms with Crippen molar-refractivity contribution in [1.29, 1.82) is 0 Å². The van der Waals surface area contributed by atoms with E-state index in [2.05, 4.69) is 11.6 Å². The van der Waals surface area contributed by atoms with E-state index in [1.165, 1.54) is 29.0 Å². The summed E-state index contributed by atoms with van der Waals surface area (Å²) in [5.74, 6) is 0. The van der Waals surface area contributed by atoms with Gasteiger partial charge in [0.05, 0.1) is 15.1 Å². The van der Waals surface area contributed by atoms with E-state index >= 15 is 0 Å². The molecule has 88 valence electrons. The lowest BCUT2D eigenvalue weighted by molar-refractivity contribution is -0.386. The van der Waals surface area contributed by atoms with E-state index in [0.29, 0.717) is 10.1 Å². The zero-order valence-electron chi connectivity index (χ0n) is 8.36. The molecular weight excluding hydrogens is 264 g/mol. The first kappa shape index (κ1) is 11.7. The summed E-state index contributed by atoms with van der Waals surface area (Å²) in [5, 5.41) is 11.7. The summed E-state index contributed by atoms with van der Waals surface area (Å²) in [6, 6.07) is 2.70. The Bertz CT molecular complexity index is 718. The Morgan fingerprint density at radius 3 is 2.76 bits per heavy atom. The molecule has 0 saturated carbocycles. The predicted octanol–water partition coefficient (Wildman–Crippen LogP) is 2.12. The van der Waals surface area contributed by atoms with Gasteiger partial charge in [0, 0.05) is 5.41 Å². The van der Waals surface area contributed by atoms with E-state index in [9.17, 15) is 18.5 Å². The monoisotopic (exact) mass is 270 g/mol. The molecule has 2 rings (SSSR count). The summed E-state index contributed by atoms with van der Waals surface area (Å²) in [6.45, 7) is 3.15. The summed E-state index contributed by atoms with van der Waals surface area (Å²) >= 11 is 1.21. The summed E-state index contributed by atoms with van der Waals surface area (Å²) in [5.41, 5.74) is 1.02. The standard InChI is InChI=1S/C9H6N2O4S2/c1-2-17(14,15)7-4-3-6-8(10-5-16-6)9(7)11(12)13/h2-5H,1H2. The summed E-state index contributed by atoms with van der Waals surface area (Å²) in [7, 11) is -3.86. The molecule has 1 aromatic carbocycles. The Balaban J connectivity index is 2.94. The Hall–Kier alpha value is -1.80. The number of nitro benzene ring substituents is 1. The van der Waals surface area contributed by atoms with Crippen molar-refractivity contribution < 1.29 is 13.3 Å². The Morgan fingerprint density at radius 1 is 1.47 bits per heavy atom. The number of benzene rings is 1. The van der Waals surface area contributed by atoms with Crippen molar-refractivity contribution >= 4 is 37.1 Å². The van der Waals surface area contributed by atoms with Gasteiger partial charge in [0.1, 0.15) is 0 Å². The molecule has 6 nitrogen and oxygen atoms in total. The van der Waals surface area contributed by atoms with Crippen LogP contribution in [0.3, 0.4) is 0 Å². The second kappa shape index (κ2) is 3.90. The van der Waals surface area contributed by atoms with Gasteiger partial charge in [0.25, 0.3) is 0 Å². The third-order valence-corrected chi connectivity index (χ3v) is 4.32. The molecule has 0 amide bonds. The highest BCUT2D eigenvalue weighted by molar-refractivity contribution is 7.94. The molecule has 17 heavy (non-hydrogen) atoms. The second-order valence-electron chi connectivity index (χ2n) is 3.08. The van der Waals surface area contributed by atoms with Crippen molar-refractivity contribution in [1.82, 2.24) is 4.98 Å². The molecule has 1 aromatic heterocycles. The SMILES string of the molecule is C=CS(=O)(=O)c1ccc2scnc2c1[N+](=O)[O-]. The summed E-state index contributed by atoms with van der Waals surface area (Å²) in [6.07, 6.45) is 0. The molecule has 0 bridgehead atoms. The molecule has 2 aromatic rings. The lowest BCUT2D eigenvalue weighted by Crippen LogP contribution is -2.02. The highest BCUT2D eigenvalue weighted by Gasteiger charge is 2.27. The number of hydrogen-bond donors (Lipinski definition) is 0. The van der Waals surface area contributed by atoms with Gasteiger partial charge < -0.3 is 0 Å². The predicted molar refractivity (Wildman–Crippen MR) is 63.7 cm³/mol. The van der Waals surface area contributed by atoms with Gasteiger partial charge in [0.15, 0.2) is 10.4 Å². The van der Waals surface area contributed by atoms with Crippen LogP contribution in [0, 0.1) is 10.1 Å². The Kier molecular flexibility index (Phi) is 2.68. The van der Waals surface area contributed by atoms with Crippen molar-refractivity contribution in [2.75, 3.05) is 0 Å². The average molecular weight is 270 g/mol. The van der Waals surface area contributed by atoms with Crippen molar-refractivity contribution in [2.45, 2.75) is 4.90 Å². The molecule has 0 N–H and O–H groups in total. The van der Waals surface area contributed by atoms with Crippen LogP contribution in [0.5, 0.6) is 0 Å². The molecule has 1 heterocycles. The van der Waals surface area contributed by atoms with Crippen LogP contribution in [-0.2, 0) is 9.84 Å². The zero-order chi connectivity index (χ0) is 12.6. The molecule has 0 radical (unpaired) electrons. The van der Waals surface area contributed by atoms with Gasteiger partial charge in [-0.2, -0.15) is 0 Å². The van der Waals surface area contributed by atoms with Crippen molar-refractivity contribution in [3.8, 4) is 0 Å². The summed E-state index contributed by atoms with van der Waals surface area (Å²) < 4.78 is 23.9. The number of hydrogen-bond acceptors (Lipinski definition) is 6. The van der Waals surface area contributed by atoms with Crippen LogP contribution in [0.4, 0.5) is 5.69 Å². The molecule has 0 aliphatic rings. The fraction of sp³-hybridized carbons (Fsp3) is 0. The lowest BCUT2D eigenvalue weighted by atomic mass is 10.3. The first-order valence-corrected chi connectivity index (χ1v) is 6.78.